The fraction of sp³-hybridized carbons (Fsp3) is 0.357. The molecule has 1 fully saturated rings. The van der Waals surface area contributed by atoms with Crippen molar-refractivity contribution >= 4 is 22.6 Å². The molecule has 0 saturated heterocycles. The average Bonchev–Trinajstić information content (AvgIpc) is 3.59. The first kappa shape index (κ1) is 23.4. The maximum absolute atomic E-state index is 13.7. The van der Waals surface area contributed by atoms with Crippen molar-refractivity contribution in [3.8, 4) is 16.9 Å². The molecule has 0 amide bonds. The van der Waals surface area contributed by atoms with Gasteiger partial charge in [-0.3, -0.25) is 14.3 Å². The number of rotatable bonds is 7. The number of alkyl halides is 1. The van der Waals surface area contributed by atoms with E-state index < -0.39 is 6.36 Å². The molecule has 2 aromatic carbocycles. The van der Waals surface area contributed by atoms with Gasteiger partial charge in [-0.1, -0.05) is 24.3 Å². The zero-order chi connectivity index (χ0) is 25.5. The number of hydrogen-bond donors (Lipinski definition) is 1. The van der Waals surface area contributed by atoms with Gasteiger partial charge >= 0.3 is 0 Å². The number of Topliss-reactive ketones (excluding diaryl/α,β-unsaturated/α-hetero) is 1. The van der Waals surface area contributed by atoms with Crippen LogP contribution >= 0.6 is 0 Å². The molecule has 190 valence electrons. The zero-order valence-corrected chi connectivity index (χ0v) is 20.6. The molecule has 0 spiro atoms. The molecule has 0 radical (unpaired) electrons. The van der Waals surface area contributed by atoms with Crippen LogP contribution in [0.1, 0.15) is 44.2 Å². The lowest BCUT2D eigenvalue weighted by Crippen LogP contribution is -2.18. The van der Waals surface area contributed by atoms with E-state index in [2.05, 4.69) is 15.3 Å². The number of para-hydroxylation sites is 1. The normalized spacial score (nSPS) is 19.8. The fourth-order valence-corrected chi connectivity index (χ4v) is 5.56. The number of nitrogens with zero attached hydrogens (tertiary/aromatic N) is 4. The van der Waals surface area contributed by atoms with Crippen molar-refractivity contribution < 1.29 is 13.9 Å². The van der Waals surface area contributed by atoms with Crippen LogP contribution in [0.15, 0.2) is 59.7 Å². The smallest absolute Gasteiger partial charge is 0.274 e. The van der Waals surface area contributed by atoms with Crippen LogP contribution in [-0.4, -0.2) is 38.0 Å². The van der Waals surface area contributed by atoms with Gasteiger partial charge in [-0.2, -0.15) is 0 Å². The van der Waals surface area contributed by atoms with E-state index >= 15 is 0 Å². The summed E-state index contributed by atoms with van der Waals surface area (Å²) >= 11 is 0. The second kappa shape index (κ2) is 9.46. The highest BCUT2D eigenvalue weighted by Crippen LogP contribution is 2.37. The van der Waals surface area contributed by atoms with Gasteiger partial charge in [-0.05, 0) is 42.5 Å². The van der Waals surface area contributed by atoms with E-state index in [1.54, 1.807) is 23.1 Å². The number of carbonyl (C=O) groups is 1. The van der Waals surface area contributed by atoms with Gasteiger partial charge in [0.1, 0.15) is 11.5 Å². The maximum atomic E-state index is 13.7. The van der Waals surface area contributed by atoms with E-state index in [1.165, 1.54) is 6.92 Å². The Labute approximate surface area is 213 Å². The van der Waals surface area contributed by atoms with E-state index in [9.17, 15) is 14.0 Å². The molecule has 3 heterocycles. The van der Waals surface area contributed by atoms with Crippen LogP contribution in [0.25, 0.3) is 22.0 Å². The molecule has 2 aromatic heterocycles. The Morgan fingerprint density at radius 3 is 2.68 bits per heavy atom. The van der Waals surface area contributed by atoms with Crippen LogP contribution in [0.2, 0.25) is 0 Å². The van der Waals surface area contributed by atoms with E-state index in [0.29, 0.717) is 61.1 Å². The predicted octanol–water partition coefficient (Wildman–Crippen LogP) is 4.73. The lowest BCUT2D eigenvalue weighted by Gasteiger charge is -2.19. The first-order valence-electron chi connectivity index (χ1n) is 12.7. The first-order chi connectivity index (χ1) is 18.0. The Morgan fingerprint density at radius 1 is 1.11 bits per heavy atom. The number of ketones is 1. The Kier molecular flexibility index (Phi) is 5.98. The number of ether oxygens (including phenoxy) is 1. The second-order valence-corrected chi connectivity index (χ2v) is 9.83. The molecule has 1 aliphatic heterocycles. The van der Waals surface area contributed by atoms with Crippen molar-refractivity contribution in [1.29, 1.82) is 0 Å². The van der Waals surface area contributed by atoms with Gasteiger partial charge in [0.25, 0.3) is 5.56 Å². The standard InChI is InChI=1S/C28H28FN5O3/c1-17(29)37-26-5-3-2-4-22(26)24-10-11-33-27(36)23-9-7-19(13-25(23)34(24)33)20-15-31-28(32-16-20)30-14-18-6-8-21(35)12-18/h2-5,7,9,13,15-18,24H,6,8,10-12,14H2,1H3,(H,30,31,32)/t17?,18-,24-/m1/s1. The lowest BCUT2D eigenvalue weighted by atomic mass is 10.0. The van der Waals surface area contributed by atoms with Gasteiger partial charge < -0.3 is 10.1 Å². The molecule has 1 unspecified atom stereocenters. The minimum Gasteiger partial charge on any atom is -0.460 e. The molecule has 2 aliphatic rings. The molecule has 1 saturated carbocycles. The number of fused-ring (bicyclic) bond motifs is 3. The third kappa shape index (κ3) is 4.39. The van der Waals surface area contributed by atoms with Crippen molar-refractivity contribution in [1.82, 2.24) is 19.3 Å². The number of halogens is 1. The van der Waals surface area contributed by atoms with Crippen LogP contribution in [0.3, 0.4) is 0 Å². The summed E-state index contributed by atoms with van der Waals surface area (Å²) < 4.78 is 22.9. The Balaban J connectivity index is 1.31. The third-order valence-corrected chi connectivity index (χ3v) is 7.33. The van der Waals surface area contributed by atoms with Crippen LogP contribution in [0, 0.1) is 5.92 Å². The van der Waals surface area contributed by atoms with E-state index in [1.807, 2.05) is 41.1 Å². The molecule has 1 aliphatic carbocycles. The SMILES string of the molecule is CC(F)Oc1ccccc1[C@H]1CCn2c(=O)c3ccc(-c4cnc(NC[C@@H]5CCC(=O)C5)nc4)cc3n21. The average molecular weight is 502 g/mol. The molecular formula is C28H28FN5O3. The Bertz CT molecular complexity index is 1530. The maximum Gasteiger partial charge on any atom is 0.274 e. The number of carbonyl (C=O) groups excluding carboxylic acids is 1. The zero-order valence-electron chi connectivity index (χ0n) is 20.6. The molecule has 8 nitrogen and oxygen atoms in total. The van der Waals surface area contributed by atoms with Gasteiger partial charge in [0.15, 0.2) is 0 Å². The van der Waals surface area contributed by atoms with Gasteiger partial charge in [-0.15, -0.1) is 0 Å². The minimum absolute atomic E-state index is 0.0394. The van der Waals surface area contributed by atoms with Gasteiger partial charge in [0.2, 0.25) is 12.3 Å². The van der Waals surface area contributed by atoms with E-state index in [0.717, 1.165) is 28.6 Å². The monoisotopic (exact) mass is 501 g/mol. The molecule has 0 bridgehead atoms. The largest absolute Gasteiger partial charge is 0.460 e. The fourth-order valence-electron chi connectivity index (χ4n) is 5.56. The molecule has 9 heteroatoms. The Morgan fingerprint density at radius 2 is 1.92 bits per heavy atom. The van der Waals surface area contributed by atoms with Crippen LogP contribution in [0.4, 0.5) is 10.3 Å². The summed E-state index contributed by atoms with van der Waals surface area (Å²) in [6, 6.07) is 13.0. The minimum atomic E-state index is -1.43. The summed E-state index contributed by atoms with van der Waals surface area (Å²) in [6.07, 6.45) is 5.00. The predicted molar refractivity (Wildman–Crippen MR) is 138 cm³/mol. The molecule has 4 aromatic rings. The highest BCUT2D eigenvalue weighted by Gasteiger charge is 2.30. The number of nitrogens with one attached hydrogen (secondary N) is 1. The summed E-state index contributed by atoms with van der Waals surface area (Å²) in [6.45, 7) is 2.62. The lowest BCUT2D eigenvalue weighted by molar-refractivity contribution is -0.117. The molecule has 3 atom stereocenters. The Hall–Kier alpha value is -4.01. The summed E-state index contributed by atoms with van der Waals surface area (Å²) in [7, 11) is 0. The molecular weight excluding hydrogens is 473 g/mol. The van der Waals surface area contributed by atoms with E-state index in [4.69, 9.17) is 4.74 Å². The summed E-state index contributed by atoms with van der Waals surface area (Å²) in [5.41, 5.74) is 3.35. The van der Waals surface area contributed by atoms with Crippen molar-refractivity contribution in [2.75, 3.05) is 11.9 Å². The quantitative estimate of drug-likeness (QED) is 0.394. The second-order valence-electron chi connectivity index (χ2n) is 9.83. The van der Waals surface area contributed by atoms with Crippen molar-refractivity contribution in [2.24, 2.45) is 5.92 Å². The van der Waals surface area contributed by atoms with Gasteiger partial charge in [0.05, 0.1) is 16.9 Å². The van der Waals surface area contributed by atoms with Gasteiger partial charge in [-0.25, -0.2) is 19.0 Å². The number of anilines is 1. The van der Waals surface area contributed by atoms with Crippen LogP contribution in [-0.2, 0) is 11.3 Å². The summed E-state index contributed by atoms with van der Waals surface area (Å²) in [5.74, 6) is 1.68. The first-order valence-corrected chi connectivity index (χ1v) is 12.7. The van der Waals surface area contributed by atoms with Crippen LogP contribution in [0.5, 0.6) is 5.75 Å². The van der Waals surface area contributed by atoms with Crippen molar-refractivity contribution in [3.63, 3.8) is 0 Å². The van der Waals surface area contributed by atoms with Crippen molar-refractivity contribution in [3.05, 3.63) is 70.8 Å². The summed E-state index contributed by atoms with van der Waals surface area (Å²) in [4.78, 5) is 33.6. The topological polar surface area (TPSA) is 91.0 Å². The summed E-state index contributed by atoms with van der Waals surface area (Å²) in [5, 5.41) is 3.87. The third-order valence-electron chi connectivity index (χ3n) is 7.33. The van der Waals surface area contributed by atoms with Crippen LogP contribution < -0.4 is 15.6 Å². The number of hydrogen-bond acceptors (Lipinski definition) is 6. The number of aromatic nitrogens is 4. The van der Waals surface area contributed by atoms with Gasteiger partial charge in [0, 0.05) is 56.4 Å². The highest BCUT2D eigenvalue weighted by molar-refractivity contribution is 5.85. The van der Waals surface area contributed by atoms with E-state index in [-0.39, 0.29) is 11.6 Å². The molecule has 1 N–H and O–H groups in total. The molecule has 6 rings (SSSR count). The number of benzene rings is 2. The van der Waals surface area contributed by atoms with Crippen molar-refractivity contribution in [2.45, 2.75) is 51.6 Å². The molecule has 37 heavy (non-hydrogen) atoms. The highest BCUT2D eigenvalue weighted by atomic mass is 19.1.